The molecule has 0 aliphatic heterocycles. The van der Waals surface area contributed by atoms with E-state index >= 15 is 0 Å². The molecule has 2 aromatic carbocycles. The summed E-state index contributed by atoms with van der Waals surface area (Å²) in [4.78, 5) is 0. The number of likely N-dealkylation sites (N-methyl/N-ethyl adjacent to an activating group) is 1. The van der Waals surface area contributed by atoms with E-state index in [9.17, 15) is 4.39 Å². The molecule has 2 aromatic rings. The van der Waals surface area contributed by atoms with Crippen molar-refractivity contribution in [1.82, 2.24) is 5.32 Å². The molecule has 1 nitrogen and oxygen atoms in total. The second kappa shape index (κ2) is 6.83. The second-order valence-electron chi connectivity index (χ2n) is 4.82. The maximum atomic E-state index is 13.5. The molecule has 0 radical (unpaired) electrons. The fraction of sp³-hybridized carbons (Fsp3) is 0.250. The van der Waals surface area contributed by atoms with Crippen LogP contribution in [0, 0.1) is 12.7 Å². The van der Waals surface area contributed by atoms with Crippen molar-refractivity contribution in [1.29, 1.82) is 0 Å². The molecule has 2 rings (SSSR count). The third-order valence-electron chi connectivity index (χ3n) is 3.32. The number of aryl methyl sites for hydroxylation is 1. The van der Waals surface area contributed by atoms with Crippen molar-refractivity contribution in [2.45, 2.75) is 19.4 Å². The fourth-order valence-corrected chi connectivity index (χ4v) is 3.35. The quantitative estimate of drug-likeness (QED) is 0.747. The molecule has 0 saturated carbocycles. The molecule has 0 amide bonds. The van der Waals surface area contributed by atoms with Crippen LogP contribution in [-0.4, -0.2) is 7.05 Å². The molecule has 20 heavy (non-hydrogen) atoms. The van der Waals surface area contributed by atoms with Crippen LogP contribution in [0.4, 0.5) is 4.39 Å². The van der Waals surface area contributed by atoms with Gasteiger partial charge in [0.1, 0.15) is 5.82 Å². The molecule has 1 N–H and O–H groups in total. The van der Waals surface area contributed by atoms with Crippen molar-refractivity contribution >= 4 is 31.9 Å². The molecule has 1 atom stereocenters. The van der Waals surface area contributed by atoms with Gasteiger partial charge in [0.05, 0.1) is 0 Å². The highest BCUT2D eigenvalue weighted by molar-refractivity contribution is 9.10. The average Bonchev–Trinajstić information content (AvgIpc) is 2.35. The Hall–Kier alpha value is -0.710. The van der Waals surface area contributed by atoms with E-state index in [0.717, 1.165) is 20.9 Å². The van der Waals surface area contributed by atoms with Gasteiger partial charge in [0.2, 0.25) is 0 Å². The Bertz CT molecular complexity index is 593. The predicted molar refractivity (Wildman–Crippen MR) is 88.5 cm³/mol. The summed E-state index contributed by atoms with van der Waals surface area (Å²) in [6.45, 7) is 2.09. The van der Waals surface area contributed by atoms with Crippen LogP contribution in [0.25, 0.3) is 0 Å². The molecule has 0 heterocycles. The van der Waals surface area contributed by atoms with Gasteiger partial charge in [0.25, 0.3) is 0 Å². The van der Waals surface area contributed by atoms with E-state index in [1.54, 1.807) is 6.07 Å². The van der Waals surface area contributed by atoms with Gasteiger partial charge in [-0.2, -0.15) is 0 Å². The van der Waals surface area contributed by atoms with Crippen molar-refractivity contribution in [3.63, 3.8) is 0 Å². The van der Waals surface area contributed by atoms with E-state index in [0.29, 0.717) is 0 Å². The largest absolute Gasteiger partial charge is 0.313 e. The van der Waals surface area contributed by atoms with Gasteiger partial charge in [0, 0.05) is 15.0 Å². The zero-order chi connectivity index (χ0) is 14.7. The maximum absolute atomic E-state index is 13.5. The second-order valence-corrected chi connectivity index (χ2v) is 6.66. The summed E-state index contributed by atoms with van der Waals surface area (Å²) in [5.74, 6) is -0.211. The van der Waals surface area contributed by atoms with Crippen LogP contribution >= 0.6 is 31.9 Å². The van der Waals surface area contributed by atoms with E-state index in [4.69, 9.17) is 0 Å². The topological polar surface area (TPSA) is 12.0 Å². The first-order chi connectivity index (χ1) is 9.49. The molecule has 0 aliphatic rings. The molecule has 0 bridgehead atoms. The van der Waals surface area contributed by atoms with Crippen molar-refractivity contribution in [2.75, 3.05) is 7.05 Å². The fourth-order valence-electron chi connectivity index (χ4n) is 2.36. The van der Waals surface area contributed by atoms with E-state index < -0.39 is 0 Å². The maximum Gasteiger partial charge on any atom is 0.124 e. The molecule has 0 fully saturated rings. The summed E-state index contributed by atoms with van der Waals surface area (Å²) in [5.41, 5.74) is 3.42. The first-order valence-corrected chi connectivity index (χ1v) is 7.96. The summed E-state index contributed by atoms with van der Waals surface area (Å²) in [6.07, 6.45) is 0.745. The molecule has 0 saturated heterocycles. The standard InChI is InChI=1S/C16H16Br2FN/c1-10-5-12(17)3-4-15(10)16(20-2)8-11-6-13(18)9-14(19)7-11/h3-7,9,16,20H,8H2,1-2H3. The average molecular weight is 401 g/mol. The van der Waals surface area contributed by atoms with E-state index in [1.807, 2.05) is 19.2 Å². The molecule has 4 heteroatoms. The number of benzene rings is 2. The Labute approximate surface area is 135 Å². The summed E-state index contributed by atoms with van der Waals surface area (Å²) in [6, 6.07) is 11.4. The lowest BCUT2D eigenvalue weighted by atomic mass is 9.95. The molecule has 1 unspecified atom stereocenters. The highest BCUT2D eigenvalue weighted by Gasteiger charge is 2.13. The number of nitrogens with one attached hydrogen (secondary N) is 1. The lowest BCUT2D eigenvalue weighted by Crippen LogP contribution is -2.20. The first kappa shape index (κ1) is 15.7. The van der Waals surface area contributed by atoms with Crippen molar-refractivity contribution in [3.05, 3.63) is 67.9 Å². The SMILES string of the molecule is CNC(Cc1cc(F)cc(Br)c1)c1ccc(Br)cc1C. The van der Waals surface area contributed by atoms with Gasteiger partial charge in [-0.05, 0) is 67.4 Å². The van der Waals surface area contributed by atoms with Crippen LogP contribution in [0.1, 0.15) is 22.7 Å². The Morgan fingerprint density at radius 1 is 1.10 bits per heavy atom. The Balaban J connectivity index is 2.28. The van der Waals surface area contributed by atoms with Gasteiger partial charge in [-0.3, -0.25) is 0 Å². The van der Waals surface area contributed by atoms with Gasteiger partial charge in [-0.15, -0.1) is 0 Å². The molecule has 0 aromatic heterocycles. The third-order valence-corrected chi connectivity index (χ3v) is 4.27. The van der Waals surface area contributed by atoms with Crippen molar-refractivity contribution in [3.8, 4) is 0 Å². The number of hydrogen-bond acceptors (Lipinski definition) is 1. The zero-order valence-electron chi connectivity index (χ0n) is 11.4. The number of halogens is 3. The van der Waals surface area contributed by atoms with Crippen LogP contribution in [0.2, 0.25) is 0 Å². The molecule has 0 aliphatic carbocycles. The van der Waals surface area contributed by atoms with E-state index in [2.05, 4.69) is 56.2 Å². The van der Waals surface area contributed by atoms with Crippen LogP contribution in [-0.2, 0) is 6.42 Å². The van der Waals surface area contributed by atoms with Gasteiger partial charge in [-0.25, -0.2) is 4.39 Å². The minimum Gasteiger partial charge on any atom is -0.313 e. The van der Waals surface area contributed by atoms with Crippen molar-refractivity contribution in [2.24, 2.45) is 0 Å². The Kier molecular flexibility index (Phi) is 5.35. The Morgan fingerprint density at radius 2 is 1.85 bits per heavy atom. The normalized spacial score (nSPS) is 12.4. The first-order valence-electron chi connectivity index (χ1n) is 6.38. The lowest BCUT2D eigenvalue weighted by molar-refractivity contribution is 0.581. The van der Waals surface area contributed by atoms with Crippen LogP contribution in [0.15, 0.2) is 45.3 Å². The van der Waals surface area contributed by atoms with Crippen LogP contribution < -0.4 is 5.32 Å². The van der Waals surface area contributed by atoms with Gasteiger partial charge in [-0.1, -0.05) is 37.9 Å². The number of hydrogen-bond donors (Lipinski definition) is 1. The summed E-state index contributed by atoms with van der Waals surface area (Å²) in [7, 11) is 1.93. The van der Waals surface area contributed by atoms with Gasteiger partial charge >= 0.3 is 0 Å². The molecular weight excluding hydrogens is 385 g/mol. The summed E-state index contributed by atoms with van der Waals surface area (Å²) >= 11 is 6.82. The monoisotopic (exact) mass is 399 g/mol. The number of rotatable bonds is 4. The van der Waals surface area contributed by atoms with E-state index in [1.165, 1.54) is 17.2 Å². The van der Waals surface area contributed by atoms with E-state index in [-0.39, 0.29) is 11.9 Å². The lowest BCUT2D eigenvalue weighted by Gasteiger charge is -2.19. The zero-order valence-corrected chi connectivity index (χ0v) is 14.6. The summed E-state index contributed by atoms with van der Waals surface area (Å²) < 4.78 is 15.3. The Morgan fingerprint density at radius 3 is 2.45 bits per heavy atom. The summed E-state index contributed by atoms with van der Waals surface area (Å²) in [5, 5.41) is 3.31. The molecule has 0 spiro atoms. The van der Waals surface area contributed by atoms with Crippen LogP contribution in [0.3, 0.4) is 0 Å². The third kappa shape index (κ3) is 3.90. The van der Waals surface area contributed by atoms with Crippen molar-refractivity contribution < 1.29 is 4.39 Å². The highest BCUT2D eigenvalue weighted by Crippen LogP contribution is 2.26. The van der Waals surface area contributed by atoms with Gasteiger partial charge < -0.3 is 5.32 Å². The predicted octanol–water partition coefficient (Wildman–Crippen LogP) is 5.16. The molecular formula is C16H16Br2FN. The van der Waals surface area contributed by atoms with Gasteiger partial charge in [0.15, 0.2) is 0 Å². The minimum atomic E-state index is -0.211. The minimum absolute atomic E-state index is 0.164. The highest BCUT2D eigenvalue weighted by atomic mass is 79.9. The van der Waals surface area contributed by atoms with Crippen LogP contribution in [0.5, 0.6) is 0 Å². The molecule has 106 valence electrons. The smallest absolute Gasteiger partial charge is 0.124 e.